The summed E-state index contributed by atoms with van der Waals surface area (Å²) in [6.45, 7) is 11.6. The van der Waals surface area contributed by atoms with Crippen LogP contribution in [-0.2, 0) is 0 Å². The van der Waals surface area contributed by atoms with Gasteiger partial charge in [0.05, 0.1) is 0 Å². The predicted molar refractivity (Wildman–Crippen MR) is 89.7 cm³/mol. The average molecular weight is 272 g/mol. The van der Waals surface area contributed by atoms with Crippen LogP contribution in [0.4, 0.5) is 0 Å². The Morgan fingerprint density at radius 1 is 1.25 bits per heavy atom. The summed E-state index contributed by atoms with van der Waals surface area (Å²) in [6.07, 6.45) is 15.3. The number of rotatable bonds is 3. The lowest BCUT2D eigenvalue weighted by atomic mass is 9.72. The second-order valence-corrected chi connectivity index (χ2v) is 7.66. The zero-order valence-corrected chi connectivity index (χ0v) is 14.1. The molecule has 1 saturated carbocycles. The van der Waals surface area contributed by atoms with E-state index >= 15 is 0 Å². The van der Waals surface area contributed by atoms with Crippen molar-refractivity contribution in [3.05, 3.63) is 34.9 Å². The summed E-state index contributed by atoms with van der Waals surface area (Å²) in [4.78, 5) is 0. The largest absolute Gasteiger partial charge is 0.0851 e. The molecule has 2 rings (SSSR count). The second-order valence-electron chi connectivity index (χ2n) is 7.66. The molecule has 0 radical (unpaired) electrons. The van der Waals surface area contributed by atoms with Gasteiger partial charge in [-0.3, -0.25) is 0 Å². The Morgan fingerprint density at radius 2 is 2.00 bits per heavy atom. The summed E-state index contributed by atoms with van der Waals surface area (Å²) in [5.41, 5.74) is 5.26. The molecular formula is C20H32. The zero-order valence-electron chi connectivity index (χ0n) is 14.1. The lowest BCUT2D eigenvalue weighted by Crippen LogP contribution is -2.24. The van der Waals surface area contributed by atoms with Gasteiger partial charge in [-0.05, 0) is 83.5 Å². The summed E-state index contributed by atoms with van der Waals surface area (Å²) >= 11 is 0. The third-order valence-electron chi connectivity index (χ3n) is 5.72. The van der Waals surface area contributed by atoms with Crippen molar-refractivity contribution in [1.82, 2.24) is 0 Å². The van der Waals surface area contributed by atoms with E-state index < -0.39 is 0 Å². The molecule has 20 heavy (non-hydrogen) atoms. The lowest BCUT2D eigenvalue weighted by molar-refractivity contribution is 0.201. The van der Waals surface area contributed by atoms with Gasteiger partial charge in [0, 0.05) is 0 Å². The van der Waals surface area contributed by atoms with Crippen molar-refractivity contribution in [3.63, 3.8) is 0 Å². The molecule has 0 saturated heterocycles. The first-order valence-electron chi connectivity index (χ1n) is 8.38. The molecule has 0 heteroatoms. The average Bonchev–Trinajstić information content (AvgIpc) is 2.64. The molecule has 0 aromatic heterocycles. The molecule has 0 nitrogen and oxygen atoms in total. The van der Waals surface area contributed by atoms with E-state index in [0.717, 1.165) is 18.3 Å². The minimum atomic E-state index is 0.564. The van der Waals surface area contributed by atoms with Crippen molar-refractivity contribution in [1.29, 1.82) is 0 Å². The molecule has 112 valence electrons. The molecule has 0 spiro atoms. The molecular weight excluding hydrogens is 240 g/mol. The monoisotopic (exact) mass is 272 g/mol. The maximum Gasteiger partial charge on any atom is -0.0164 e. The van der Waals surface area contributed by atoms with E-state index in [1.54, 1.807) is 11.1 Å². The van der Waals surface area contributed by atoms with Crippen LogP contribution in [-0.4, -0.2) is 0 Å². The van der Waals surface area contributed by atoms with Crippen molar-refractivity contribution in [2.45, 2.75) is 73.1 Å². The van der Waals surface area contributed by atoms with Crippen LogP contribution < -0.4 is 0 Å². The fraction of sp³-hybridized carbons (Fsp3) is 0.700. The van der Waals surface area contributed by atoms with Gasteiger partial charge in [-0.25, -0.2) is 0 Å². The van der Waals surface area contributed by atoms with E-state index in [0.29, 0.717) is 5.41 Å². The zero-order chi connectivity index (χ0) is 14.8. The Bertz CT molecular complexity index is 431. The Labute approximate surface area is 126 Å². The summed E-state index contributed by atoms with van der Waals surface area (Å²) < 4.78 is 0. The molecule has 0 aliphatic heterocycles. The normalized spacial score (nSPS) is 34.2. The lowest BCUT2D eigenvalue weighted by Gasteiger charge is -2.33. The van der Waals surface area contributed by atoms with E-state index in [4.69, 9.17) is 0 Å². The van der Waals surface area contributed by atoms with Crippen LogP contribution in [0, 0.1) is 17.3 Å². The first-order chi connectivity index (χ1) is 9.42. The van der Waals surface area contributed by atoms with Crippen molar-refractivity contribution in [2.75, 3.05) is 0 Å². The Morgan fingerprint density at radius 3 is 2.70 bits per heavy atom. The number of hydrogen-bond donors (Lipinski definition) is 0. The maximum atomic E-state index is 2.54. The molecule has 0 bridgehead atoms. The van der Waals surface area contributed by atoms with E-state index in [9.17, 15) is 0 Å². The van der Waals surface area contributed by atoms with E-state index in [1.807, 2.05) is 0 Å². The molecule has 1 fully saturated rings. The van der Waals surface area contributed by atoms with Crippen LogP contribution >= 0.6 is 0 Å². The maximum absolute atomic E-state index is 2.54. The van der Waals surface area contributed by atoms with Crippen molar-refractivity contribution < 1.29 is 0 Å². The van der Waals surface area contributed by atoms with Crippen molar-refractivity contribution >= 4 is 0 Å². The standard InChI is InChI=1S/C20H32/c1-15(2)7-6-8-17(4)18-12-14-20(5)13-11-16(3)9-10-19(18)20/h7-8,11,18-19H,6,9-10,12-14H2,1-5H3/b17-8-/t18-,19-,20-/m1/s1. The highest BCUT2D eigenvalue weighted by atomic mass is 14.5. The molecule has 2 aliphatic rings. The van der Waals surface area contributed by atoms with Gasteiger partial charge in [-0.2, -0.15) is 0 Å². The fourth-order valence-corrected chi connectivity index (χ4v) is 4.23. The summed E-state index contributed by atoms with van der Waals surface area (Å²) in [6, 6.07) is 0. The minimum Gasteiger partial charge on any atom is -0.0851 e. The number of allylic oxidation sites excluding steroid dienone is 6. The molecule has 0 amide bonds. The van der Waals surface area contributed by atoms with Gasteiger partial charge in [0.25, 0.3) is 0 Å². The van der Waals surface area contributed by atoms with Gasteiger partial charge in [0.2, 0.25) is 0 Å². The molecule has 0 aromatic rings. The SMILES string of the molecule is CC(C)=CC/C=C(/C)[C@H]1CC[C@@]2(C)CC=C(C)CC[C@H]12. The van der Waals surface area contributed by atoms with E-state index in [2.05, 4.69) is 52.8 Å². The van der Waals surface area contributed by atoms with Crippen LogP contribution in [0.1, 0.15) is 73.1 Å². The first-order valence-corrected chi connectivity index (χ1v) is 8.38. The van der Waals surface area contributed by atoms with Crippen LogP contribution in [0.2, 0.25) is 0 Å². The molecule has 0 N–H and O–H groups in total. The predicted octanol–water partition coefficient (Wildman–Crippen LogP) is 6.45. The van der Waals surface area contributed by atoms with Crippen LogP contribution in [0.3, 0.4) is 0 Å². The third kappa shape index (κ3) is 3.45. The molecule has 2 aliphatic carbocycles. The minimum absolute atomic E-state index is 0.564. The topological polar surface area (TPSA) is 0 Å². The summed E-state index contributed by atoms with van der Waals surface area (Å²) in [5, 5.41) is 0. The molecule has 3 atom stereocenters. The second kappa shape index (κ2) is 6.33. The smallest absolute Gasteiger partial charge is 0.0164 e. The van der Waals surface area contributed by atoms with E-state index in [-0.39, 0.29) is 0 Å². The van der Waals surface area contributed by atoms with Gasteiger partial charge in [-0.1, -0.05) is 41.9 Å². The van der Waals surface area contributed by atoms with Gasteiger partial charge in [0.15, 0.2) is 0 Å². The Kier molecular flexibility index (Phi) is 4.94. The van der Waals surface area contributed by atoms with Gasteiger partial charge < -0.3 is 0 Å². The highest BCUT2D eigenvalue weighted by molar-refractivity contribution is 5.16. The van der Waals surface area contributed by atoms with Gasteiger partial charge in [0.1, 0.15) is 0 Å². The highest BCUT2D eigenvalue weighted by Crippen LogP contribution is 2.55. The number of hydrogen-bond acceptors (Lipinski definition) is 0. The van der Waals surface area contributed by atoms with Crippen molar-refractivity contribution in [2.24, 2.45) is 17.3 Å². The summed E-state index contributed by atoms with van der Waals surface area (Å²) in [7, 11) is 0. The molecule has 0 heterocycles. The quantitative estimate of drug-likeness (QED) is 0.518. The van der Waals surface area contributed by atoms with Gasteiger partial charge in [-0.15, -0.1) is 0 Å². The van der Waals surface area contributed by atoms with Crippen LogP contribution in [0.15, 0.2) is 34.9 Å². The Balaban J connectivity index is 2.09. The summed E-state index contributed by atoms with van der Waals surface area (Å²) in [5.74, 6) is 1.74. The van der Waals surface area contributed by atoms with Crippen LogP contribution in [0.25, 0.3) is 0 Å². The van der Waals surface area contributed by atoms with Crippen LogP contribution in [0.5, 0.6) is 0 Å². The highest BCUT2D eigenvalue weighted by Gasteiger charge is 2.44. The van der Waals surface area contributed by atoms with Crippen molar-refractivity contribution in [3.8, 4) is 0 Å². The molecule has 0 aromatic carbocycles. The first kappa shape index (κ1) is 15.6. The molecule has 0 unspecified atom stereocenters. The Hall–Kier alpha value is -0.780. The fourth-order valence-electron chi connectivity index (χ4n) is 4.23. The third-order valence-corrected chi connectivity index (χ3v) is 5.72. The van der Waals surface area contributed by atoms with E-state index in [1.165, 1.54) is 37.7 Å². The van der Waals surface area contributed by atoms with Gasteiger partial charge >= 0.3 is 0 Å². The number of fused-ring (bicyclic) bond motifs is 1.